The second kappa shape index (κ2) is 12.1. The highest BCUT2D eigenvalue weighted by molar-refractivity contribution is 5.29. The van der Waals surface area contributed by atoms with E-state index >= 15 is 0 Å². The number of nitrogens with two attached hydrogens (primary N) is 1. The van der Waals surface area contributed by atoms with Gasteiger partial charge in [-0.15, -0.1) is 0 Å². The van der Waals surface area contributed by atoms with Crippen LogP contribution in [0.3, 0.4) is 0 Å². The zero-order valence-corrected chi connectivity index (χ0v) is 21.1. The Balaban J connectivity index is 1.85. The summed E-state index contributed by atoms with van der Waals surface area (Å²) in [5.41, 5.74) is 8.67. The minimum absolute atomic E-state index is 0.00614. The molecule has 0 fully saturated rings. The molecular formula is C29H30N6O3. The fraction of sp³-hybridized carbons (Fsp3) is 0.207. The van der Waals surface area contributed by atoms with Crippen molar-refractivity contribution in [2.45, 2.75) is 39.3 Å². The van der Waals surface area contributed by atoms with Gasteiger partial charge in [0.1, 0.15) is 0 Å². The van der Waals surface area contributed by atoms with Gasteiger partial charge in [-0.25, -0.2) is 28.1 Å². The Morgan fingerprint density at radius 2 is 0.868 bits per heavy atom. The largest absolute Gasteiger partial charge is 0.336 e. The smallest absolute Gasteiger partial charge is 0.326 e. The fourth-order valence-corrected chi connectivity index (χ4v) is 4.40. The first-order valence-electron chi connectivity index (χ1n) is 12.2. The average Bonchev–Trinajstić information content (AvgIpc) is 2.92. The topological polar surface area (TPSA) is 117 Å². The fourth-order valence-electron chi connectivity index (χ4n) is 4.40. The van der Waals surface area contributed by atoms with E-state index in [-0.39, 0.29) is 19.6 Å². The van der Waals surface area contributed by atoms with Gasteiger partial charge in [-0.05, 0) is 46.8 Å². The number of hydrogen-bond donors (Lipinski definition) is 1. The van der Waals surface area contributed by atoms with Crippen LogP contribution in [-0.2, 0) is 39.3 Å². The summed E-state index contributed by atoms with van der Waals surface area (Å²) in [4.78, 5) is 48.5. The lowest BCUT2D eigenvalue weighted by Crippen LogP contribution is -2.54. The van der Waals surface area contributed by atoms with E-state index in [1.807, 2.05) is 72.8 Å². The molecule has 0 radical (unpaired) electrons. The molecule has 4 aromatic rings. The standard InChI is InChI=1S/C29H30N6O3/c1-31-16-22-7-4-10-25(13-22)19-34-27(36)33(18-24-9-3-6-21(12-24)15-30)28(37)35(29(34)38)20-26-11-5-8-23(14-26)17-32-2/h3-14H,1-2,15-20,30H2. The van der Waals surface area contributed by atoms with Crippen LogP contribution in [0.1, 0.15) is 33.4 Å². The van der Waals surface area contributed by atoms with Crippen LogP contribution >= 0.6 is 0 Å². The van der Waals surface area contributed by atoms with Crippen molar-refractivity contribution in [2.75, 3.05) is 0 Å². The molecule has 0 spiro atoms. The van der Waals surface area contributed by atoms with E-state index in [1.165, 1.54) is 0 Å². The molecule has 3 aromatic carbocycles. The Bertz CT molecular complexity index is 1550. The molecule has 0 aliphatic rings. The summed E-state index contributed by atoms with van der Waals surface area (Å²) < 4.78 is 3.30. The first kappa shape index (κ1) is 26.4. The zero-order chi connectivity index (χ0) is 27.1. The van der Waals surface area contributed by atoms with Crippen LogP contribution < -0.4 is 22.8 Å². The van der Waals surface area contributed by atoms with Crippen LogP contribution in [0.5, 0.6) is 0 Å². The molecule has 38 heavy (non-hydrogen) atoms. The van der Waals surface area contributed by atoms with Crippen molar-refractivity contribution in [1.82, 2.24) is 13.7 Å². The van der Waals surface area contributed by atoms with Gasteiger partial charge in [0.2, 0.25) is 0 Å². The van der Waals surface area contributed by atoms with E-state index in [0.29, 0.717) is 19.6 Å². The van der Waals surface area contributed by atoms with Crippen LogP contribution in [0.4, 0.5) is 0 Å². The van der Waals surface area contributed by atoms with Crippen molar-refractivity contribution in [3.05, 3.63) is 138 Å². The summed E-state index contributed by atoms with van der Waals surface area (Å²) in [5.74, 6) is 0. The summed E-state index contributed by atoms with van der Waals surface area (Å²) in [5, 5.41) is 0. The second-order valence-electron chi connectivity index (χ2n) is 9.03. The first-order valence-corrected chi connectivity index (χ1v) is 12.2. The maximum atomic E-state index is 13.6. The zero-order valence-electron chi connectivity index (χ0n) is 21.1. The van der Waals surface area contributed by atoms with Crippen molar-refractivity contribution in [3.63, 3.8) is 0 Å². The minimum atomic E-state index is -0.675. The number of nitrogens with zero attached hydrogens (tertiary/aromatic N) is 5. The van der Waals surface area contributed by atoms with E-state index in [9.17, 15) is 14.4 Å². The SMILES string of the molecule is C=NCc1cccc(Cn2c(=O)n(Cc3cccc(CN)c3)c(=O)n(Cc3cccc(CN=C)c3)c2=O)c1. The van der Waals surface area contributed by atoms with Crippen molar-refractivity contribution < 1.29 is 0 Å². The van der Waals surface area contributed by atoms with Crippen LogP contribution in [0.25, 0.3) is 0 Å². The Kier molecular flexibility index (Phi) is 8.40. The van der Waals surface area contributed by atoms with Gasteiger partial charge >= 0.3 is 17.1 Å². The van der Waals surface area contributed by atoms with Crippen LogP contribution in [0.2, 0.25) is 0 Å². The quantitative estimate of drug-likeness (QED) is 0.311. The normalized spacial score (nSPS) is 10.9. The van der Waals surface area contributed by atoms with Crippen molar-refractivity contribution in [3.8, 4) is 0 Å². The molecule has 9 nitrogen and oxygen atoms in total. The molecule has 0 amide bonds. The predicted molar refractivity (Wildman–Crippen MR) is 150 cm³/mol. The van der Waals surface area contributed by atoms with Crippen LogP contribution in [0.15, 0.2) is 97.2 Å². The summed E-state index contributed by atoms with van der Waals surface area (Å²) in [6, 6.07) is 22.3. The van der Waals surface area contributed by atoms with Gasteiger partial charge in [-0.1, -0.05) is 72.8 Å². The summed E-state index contributed by atoms with van der Waals surface area (Å²) in [6.45, 7) is 8.24. The van der Waals surface area contributed by atoms with Crippen molar-refractivity contribution >= 4 is 13.4 Å². The molecule has 0 saturated carbocycles. The number of rotatable bonds is 11. The Hall–Kier alpha value is -4.63. The number of hydrogen-bond acceptors (Lipinski definition) is 6. The molecule has 1 heterocycles. The van der Waals surface area contributed by atoms with Gasteiger partial charge in [-0.3, -0.25) is 9.98 Å². The molecule has 9 heteroatoms. The lowest BCUT2D eigenvalue weighted by Gasteiger charge is -2.15. The van der Waals surface area contributed by atoms with Gasteiger partial charge in [0.25, 0.3) is 0 Å². The lowest BCUT2D eigenvalue weighted by atomic mass is 10.1. The molecule has 194 valence electrons. The van der Waals surface area contributed by atoms with E-state index in [4.69, 9.17) is 5.73 Å². The molecule has 1 aromatic heterocycles. The lowest BCUT2D eigenvalue weighted by molar-refractivity contribution is 0.491. The minimum Gasteiger partial charge on any atom is -0.326 e. The van der Waals surface area contributed by atoms with E-state index in [2.05, 4.69) is 23.4 Å². The summed E-state index contributed by atoms with van der Waals surface area (Å²) >= 11 is 0. The third kappa shape index (κ3) is 6.01. The number of aromatic nitrogens is 3. The molecule has 0 aliphatic heterocycles. The highest BCUT2D eigenvalue weighted by Gasteiger charge is 2.17. The predicted octanol–water partition coefficient (Wildman–Crippen LogP) is 2.18. The summed E-state index contributed by atoms with van der Waals surface area (Å²) in [7, 11) is 0. The average molecular weight is 511 g/mol. The van der Waals surface area contributed by atoms with Gasteiger partial charge in [-0.2, -0.15) is 0 Å². The molecule has 0 aliphatic carbocycles. The number of benzene rings is 3. The summed E-state index contributed by atoms with van der Waals surface area (Å²) in [6.07, 6.45) is 0. The maximum Gasteiger partial charge on any atom is 0.336 e. The van der Waals surface area contributed by atoms with E-state index in [1.54, 1.807) is 0 Å². The molecule has 0 unspecified atom stereocenters. The monoisotopic (exact) mass is 510 g/mol. The Labute approximate surface area is 219 Å². The van der Waals surface area contributed by atoms with Crippen LogP contribution in [-0.4, -0.2) is 27.1 Å². The van der Waals surface area contributed by atoms with Gasteiger partial charge in [0.15, 0.2) is 0 Å². The third-order valence-corrected chi connectivity index (χ3v) is 6.21. The highest BCUT2D eigenvalue weighted by Crippen LogP contribution is 2.09. The van der Waals surface area contributed by atoms with Gasteiger partial charge in [0, 0.05) is 6.54 Å². The molecule has 0 saturated heterocycles. The molecule has 0 atom stereocenters. The molecule has 4 rings (SSSR count). The maximum absolute atomic E-state index is 13.6. The van der Waals surface area contributed by atoms with Crippen molar-refractivity contribution in [2.24, 2.45) is 15.7 Å². The van der Waals surface area contributed by atoms with Gasteiger partial charge < -0.3 is 5.73 Å². The molecular weight excluding hydrogens is 480 g/mol. The third-order valence-electron chi connectivity index (χ3n) is 6.21. The van der Waals surface area contributed by atoms with Crippen molar-refractivity contribution in [1.29, 1.82) is 0 Å². The van der Waals surface area contributed by atoms with Gasteiger partial charge in [0.05, 0.1) is 32.7 Å². The number of aliphatic imine (C=N–C) groups is 2. The van der Waals surface area contributed by atoms with E-state index in [0.717, 1.165) is 47.1 Å². The Morgan fingerprint density at radius 1 is 0.553 bits per heavy atom. The molecule has 2 N–H and O–H groups in total. The highest BCUT2D eigenvalue weighted by atomic mass is 16.2. The van der Waals surface area contributed by atoms with E-state index < -0.39 is 17.1 Å². The molecule has 0 bridgehead atoms. The first-order chi connectivity index (χ1) is 18.4. The second-order valence-corrected chi connectivity index (χ2v) is 9.03. The van der Waals surface area contributed by atoms with Crippen LogP contribution in [0, 0.1) is 0 Å². The Morgan fingerprint density at radius 3 is 1.21 bits per heavy atom.